The average Bonchev–Trinajstić information content (AvgIpc) is 2.54. The van der Waals surface area contributed by atoms with E-state index < -0.39 is 11.9 Å². The standard InChI is InChI=1S/C17H23IO5/c1-3-5-6-7-22-16(19)13-10-14(12-15(18)11-13)17(20)23-9-8-21-4-2/h10-12H,3-9H2,1-2H3. The van der Waals surface area contributed by atoms with Crippen molar-refractivity contribution in [2.24, 2.45) is 0 Å². The van der Waals surface area contributed by atoms with E-state index in [1.807, 2.05) is 6.92 Å². The molecule has 0 aliphatic heterocycles. The maximum absolute atomic E-state index is 12.0. The Hall–Kier alpha value is -1.15. The van der Waals surface area contributed by atoms with E-state index in [1.54, 1.807) is 12.1 Å². The van der Waals surface area contributed by atoms with Crippen molar-refractivity contribution in [3.63, 3.8) is 0 Å². The number of rotatable bonds is 10. The Labute approximate surface area is 150 Å². The summed E-state index contributed by atoms with van der Waals surface area (Å²) < 4.78 is 16.2. The summed E-state index contributed by atoms with van der Waals surface area (Å²) in [4.78, 5) is 24.0. The normalized spacial score (nSPS) is 10.4. The molecule has 1 aromatic rings. The first-order valence-corrected chi connectivity index (χ1v) is 8.89. The molecule has 0 spiro atoms. The van der Waals surface area contributed by atoms with Crippen LogP contribution in [0.3, 0.4) is 0 Å². The molecule has 6 heteroatoms. The number of carbonyl (C=O) groups is 2. The van der Waals surface area contributed by atoms with Crippen LogP contribution >= 0.6 is 22.6 Å². The van der Waals surface area contributed by atoms with Crippen LogP contribution in [0, 0.1) is 3.57 Å². The lowest BCUT2D eigenvalue weighted by Gasteiger charge is -2.08. The van der Waals surface area contributed by atoms with Crippen LogP contribution in [0.4, 0.5) is 0 Å². The Morgan fingerprint density at radius 2 is 1.52 bits per heavy atom. The molecule has 0 aromatic heterocycles. The largest absolute Gasteiger partial charge is 0.462 e. The SMILES string of the molecule is CCCCCOC(=O)c1cc(I)cc(C(=O)OCCOCC)c1. The minimum absolute atomic E-state index is 0.189. The molecule has 128 valence electrons. The highest BCUT2D eigenvalue weighted by Gasteiger charge is 2.14. The monoisotopic (exact) mass is 434 g/mol. The van der Waals surface area contributed by atoms with Crippen LogP contribution in [0.25, 0.3) is 0 Å². The molecule has 0 heterocycles. The number of benzene rings is 1. The summed E-state index contributed by atoms with van der Waals surface area (Å²) in [7, 11) is 0. The molecular weight excluding hydrogens is 411 g/mol. The van der Waals surface area contributed by atoms with Gasteiger partial charge >= 0.3 is 11.9 Å². The van der Waals surface area contributed by atoms with Gasteiger partial charge in [-0.1, -0.05) is 19.8 Å². The van der Waals surface area contributed by atoms with Gasteiger partial charge in [-0.15, -0.1) is 0 Å². The quantitative estimate of drug-likeness (QED) is 0.318. The Morgan fingerprint density at radius 1 is 0.913 bits per heavy atom. The molecule has 0 atom stereocenters. The fourth-order valence-corrected chi connectivity index (χ4v) is 2.52. The second kappa shape index (κ2) is 11.4. The number of hydrogen-bond acceptors (Lipinski definition) is 5. The van der Waals surface area contributed by atoms with Gasteiger partial charge in [0.05, 0.1) is 24.3 Å². The lowest BCUT2D eigenvalue weighted by Crippen LogP contribution is -2.13. The van der Waals surface area contributed by atoms with Crippen molar-refractivity contribution in [1.29, 1.82) is 0 Å². The highest BCUT2D eigenvalue weighted by Crippen LogP contribution is 2.15. The number of unbranched alkanes of at least 4 members (excludes halogenated alkanes) is 2. The highest BCUT2D eigenvalue weighted by atomic mass is 127. The van der Waals surface area contributed by atoms with Gasteiger partial charge in [-0.25, -0.2) is 9.59 Å². The predicted octanol–water partition coefficient (Wildman–Crippen LogP) is 3.83. The van der Waals surface area contributed by atoms with Crippen molar-refractivity contribution in [3.05, 3.63) is 32.9 Å². The second-order valence-electron chi connectivity index (χ2n) is 4.90. The summed E-state index contributed by atoms with van der Waals surface area (Å²) >= 11 is 2.06. The van der Waals surface area contributed by atoms with E-state index >= 15 is 0 Å². The van der Waals surface area contributed by atoms with Gasteiger partial charge in [-0.2, -0.15) is 0 Å². The van der Waals surface area contributed by atoms with Crippen LogP contribution in [0.5, 0.6) is 0 Å². The van der Waals surface area contributed by atoms with E-state index in [0.717, 1.165) is 22.8 Å². The van der Waals surface area contributed by atoms with E-state index in [4.69, 9.17) is 14.2 Å². The molecule has 0 amide bonds. The Kier molecular flexibility index (Phi) is 9.86. The van der Waals surface area contributed by atoms with Gasteiger partial charge in [-0.3, -0.25) is 0 Å². The topological polar surface area (TPSA) is 61.8 Å². The molecule has 1 aromatic carbocycles. The van der Waals surface area contributed by atoms with Gasteiger partial charge < -0.3 is 14.2 Å². The van der Waals surface area contributed by atoms with E-state index in [2.05, 4.69) is 29.5 Å². The van der Waals surface area contributed by atoms with Gasteiger partial charge in [0.1, 0.15) is 6.61 Å². The molecule has 23 heavy (non-hydrogen) atoms. The van der Waals surface area contributed by atoms with Crippen LogP contribution in [-0.2, 0) is 14.2 Å². The van der Waals surface area contributed by atoms with Crippen molar-refractivity contribution in [1.82, 2.24) is 0 Å². The molecule has 5 nitrogen and oxygen atoms in total. The molecule has 0 fully saturated rings. The van der Waals surface area contributed by atoms with E-state index in [9.17, 15) is 9.59 Å². The molecule has 0 unspecified atom stereocenters. The molecular formula is C17H23IO5. The van der Waals surface area contributed by atoms with Crippen molar-refractivity contribution < 1.29 is 23.8 Å². The van der Waals surface area contributed by atoms with E-state index in [1.165, 1.54) is 6.07 Å². The first kappa shape index (κ1) is 19.9. The fraction of sp³-hybridized carbons (Fsp3) is 0.529. The summed E-state index contributed by atoms with van der Waals surface area (Å²) in [5.41, 5.74) is 0.707. The van der Waals surface area contributed by atoms with Crippen molar-refractivity contribution in [2.75, 3.05) is 26.4 Å². The first-order chi connectivity index (χ1) is 11.1. The maximum Gasteiger partial charge on any atom is 0.338 e. The van der Waals surface area contributed by atoms with Gasteiger partial charge in [0, 0.05) is 10.2 Å². The number of carbonyl (C=O) groups excluding carboxylic acids is 2. The summed E-state index contributed by atoms with van der Waals surface area (Å²) in [5.74, 6) is -0.883. The molecule has 0 aliphatic rings. The summed E-state index contributed by atoms with van der Waals surface area (Å²) in [6, 6.07) is 4.88. The third-order valence-corrected chi connectivity index (χ3v) is 3.64. The summed E-state index contributed by atoms with van der Waals surface area (Å²) in [6.45, 7) is 5.49. The number of ether oxygens (including phenoxy) is 3. The zero-order chi connectivity index (χ0) is 17.1. The molecule has 0 bridgehead atoms. The lowest BCUT2D eigenvalue weighted by atomic mass is 10.1. The minimum Gasteiger partial charge on any atom is -0.462 e. The zero-order valence-corrected chi connectivity index (χ0v) is 15.8. The summed E-state index contributed by atoms with van der Waals surface area (Å²) in [5, 5.41) is 0. The highest BCUT2D eigenvalue weighted by molar-refractivity contribution is 14.1. The van der Waals surface area contributed by atoms with Gasteiger partial charge in [-0.05, 0) is 54.1 Å². The number of hydrogen-bond donors (Lipinski definition) is 0. The fourth-order valence-electron chi connectivity index (χ4n) is 1.85. The second-order valence-corrected chi connectivity index (χ2v) is 6.15. The van der Waals surface area contributed by atoms with Crippen molar-refractivity contribution in [2.45, 2.75) is 33.1 Å². The van der Waals surface area contributed by atoms with Crippen LogP contribution < -0.4 is 0 Å². The minimum atomic E-state index is -0.469. The van der Waals surface area contributed by atoms with E-state index in [0.29, 0.717) is 30.9 Å². The first-order valence-electron chi connectivity index (χ1n) is 7.81. The molecule has 0 saturated carbocycles. The Balaban J connectivity index is 2.63. The van der Waals surface area contributed by atoms with E-state index in [-0.39, 0.29) is 6.61 Å². The van der Waals surface area contributed by atoms with Crippen LogP contribution in [0.15, 0.2) is 18.2 Å². The average molecular weight is 434 g/mol. The number of esters is 2. The van der Waals surface area contributed by atoms with Crippen molar-refractivity contribution >= 4 is 34.5 Å². The van der Waals surface area contributed by atoms with Gasteiger partial charge in [0.15, 0.2) is 0 Å². The molecule has 0 saturated heterocycles. The zero-order valence-electron chi connectivity index (χ0n) is 13.6. The predicted molar refractivity (Wildman–Crippen MR) is 95.7 cm³/mol. The summed E-state index contributed by atoms with van der Waals surface area (Å²) in [6.07, 6.45) is 2.94. The Bertz CT molecular complexity index is 473. The van der Waals surface area contributed by atoms with Gasteiger partial charge in [0.2, 0.25) is 0 Å². The third kappa shape index (κ3) is 7.78. The van der Waals surface area contributed by atoms with Crippen LogP contribution in [0.1, 0.15) is 53.8 Å². The lowest BCUT2D eigenvalue weighted by molar-refractivity contribution is 0.0335. The Morgan fingerprint density at radius 3 is 2.09 bits per heavy atom. The van der Waals surface area contributed by atoms with Crippen molar-refractivity contribution in [3.8, 4) is 0 Å². The number of halogens is 1. The van der Waals surface area contributed by atoms with Crippen LogP contribution in [-0.4, -0.2) is 38.4 Å². The van der Waals surface area contributed by atoms with Crippen LogP contribution in [0.2, 0.25) is 0 Å². The van der Waals surface area contributed by atoms with Gasteiger partial charge in [0.25, 0.3) is 0 Å². The smallest absolute Gasteiger partial charge is 0.338 e. The molecule has 0 aliphatic carbocycles. The third-order valence-electron chi connectivity index (χ3n) is 3.02. The molecule has 0 radical (unpaired) electrons. The molecule has 0 N–H and O–H groups in total. The molecule has 1 rings (SSSR count). The maximum atomic E-state index is 12.0.